The molecule has 0 heterocycles. The summed E-state index contributed by atoms with van der Waals surface area (Å²) in [5.74, 6) is 0.637. The van der Waals surface area contributed by atoms with Crippen LogP contribution in [0.4, 0.5) is 0 Å². The zero-order valence-electron chi connectivity index (χ0n) is 30.3. The van der Waals surface area contributed by atoms with Crippen LogP contribution in [0.2, 0.25) is 0 Å². The summed E-state index contributed by atoms with van der Waals surface area (Å²) in [5.41, 5.74) is 20.9. The third kappa shape index (κ3) is 4.00. The van der Waals surface area contributed by atoms with Crippen LogP contribution in [0.15, 0.2) is 115 Å². The van der Waals surface area contributed by atoms with Gasteiger partial charge in [0.05, 0.1) is 0 Å². The minimum absolute atomic E-state index is 0.00457. The molecule has 0 aromatic heterocycles. The molecule has 0 fully saturated rings. The van der Waals surface area contributed by atoms with E-state index < -0.39 is 0 Å². The van der Waals surface area contributed by atoms with Crippen LogP contribution in [0.3, 0.4) is 0 Å². The van der Waals surface area contributed by atoms with E-state index >= 15 is 0 Å². The molecule has 0 heteroatoms. The van der Waals surface area contributed by atoms with Gasteiger partial charge in [-0.05, 0) is 112 Å². The maximum Gasteiger partial charge on any atom is 0.0159 e. The van der Waals surface area contributed by atoms with Crippen molar-refractivity contribution in [1.82, 2.24) is 0 Å². The maximum atomic E-state index is 2.54. The summed E-state index contributed by atoms with van der Waals surface area (Å²) in [6.07, 6.45) is 9.72. The van der Waals surface area contributed by atoms with Crippen molar-refractivity contribution in [3.05, 3.63) is 165 Å². The van der Waals surface area contributed by atoms with E-state index in [4.69, 9.17) is 0 Å². The average Bonchev–Trinajstić information content (AvgIpc) is 3.48. The fourth-order valence-electron chi connectivity index (χ4n) is 9.89. The van der Waals surface area contributed by atoms with Gasteiger partial charge in [-0.3, -0.25) is 0 Å². The van der Waals surface area contributed by atoms with Crippen LogP contribution in [-0.2, 0) is 16.2 Å². The van der Waals surface area contributed by atoms with Crippen molar-refractivity contribution in [3.8, 4) is 33.4 Å². The van der Waals surface area contributed by atoms with Crippen LogP contribution in [0.1, 0.15) is 110 Å². The molecule has 0 bridgehead atoms. The van der Waals surface area contributed by atoms with Crippen LogP contribution in [0.5, 0.6) is 0 Å². The SMILES string of the molecule is CC(C)(C)c1cc2c3c4c(ccc3c1)C=CC(c1ccc3c(c1)C(C)(C)c1cc(-c5ccc6c(c5)C(C)(C)c5ccccc5-6)ccc1-3)C4C=C2. The number of fused-ring (bicyclic) bond motifs is 6. The van der Waals surface area contributed by atoms with Crippen LogP contribution in [0, 0.1) is 0 Å². The molecule has 0 amide bonds. The normalized spacial score (nSPS) is 19.7. The molecule has 50 heavy (non-hydrogen) atoms. The highest BCUT2D eigenvalue weighted by Gasteiger charge is 2.39. The quantitative estimate of drug-likeness (QED) is 0.176. The van der Waals surface area contributed by atoms with Gasteiger partial charge < -0.3 is 0 Å². The second-order valence-electron chi connectivity index (χ2n) is 17.4. The first-order chi connectivity index (χ1) is 23.9. The summed E-state index contributed by atoms with van der Waals surface area (Å²) in [7, 11) is 0. The lowest BCUT2D eigenvalue weighted by molar-refractivity contribution is 0.591. The van der Waals surface area contributed by atoms with Crippen molar-refractivity contribution in [2.24, 2.45) is 0 Å². The Balaban J connectivity index is 1.02. The third-order valence-electron chi connectivity index (χ3n) is 12.8. The van der Waals surface area contributed by atoms with Gasteiger partial charge in [0.25, 0.3) is 0 Å². The highest BCUT2D eigenvalue weighted by atomic mass is 14.4. The lowest BCUT2D eigenvalue weighted by Gasteiger charge is -2.33. The van der Waals surface area contributed by atoms with E-state index in [9.17, 15) is 0 Å². The number of hydrogen-bond donors (Lipinski definition) is 0. The summed E-state index contributed by atoms with van der Waals surface area (Å²) in [4.78, 5) is 0. The first kappa shape index (κ1) is 29.9. The fourth-order valence-corrected chi connectivity index (χ4v) is 9.89. The highest BCUT2D eigenvalue weighted by molar-refractivity contribution is 5.99. The van der Waals surface area contributed by atoms with Gasteiger partial charge in [0.1, 0.15) is 0 Å². The zero-order chi connectivity index (χ0) is 34.3. The molecule has 6 aromatic carbocycles. The Morgan fingerprint density at radius 1 is 0.500 bits per heavy atom. The largest absolute Gasteiger partial charge is 0.0755 e. The predicted molar refractivity (Wildman–Crippen MR) is 213 cm³/mol. The molecule has 0 aliphatic heterocycles. The molecule has 2 unspecified atom stereocenters. The van der Waals surface area contributed by atoms with E-state index in [0.29, 0.717) is 11.8 Å². The van der Waals surface area contributed by atoms with Crippen molar-refractivity contribution in [3.63, 3.8) is 0 Å². The van der Waals surface area contributed by atoms with E-state index in [-0.39, 0.29) is 16.2 Å². The molecular formula is C50H44. The summed E-state index contributed by atoms with van der Waals surface area (Å²) in [5, 5.41) is 2.81. The second kappa shape index (κ2) is 9.85. The lowest BCUT2D eigenvalue weighted by Crippen LogP contribution is -2.18. The summed E-state index contributed by atoms with van der Waals surface area (Å²) in [6.45, 7) is 16.5. The molecule has 0 saturated heterocycles. The predicted octanol–water partition coefficient (Wildman–Crippen LogP) is 13.3. The molecule has 0 spiro atoms. The molecule has 6 aromatic rings. The van der Waals surface area contributed by atoms with Crippen molar-refractivity contribution < 1.29 is 0 Å². The van der Waals surface area contributed by atoms with Gasteiger partial charge in [0.15, 0.2) is 0 Å². The average molecular weight is 645 g/mol. The highest BCUT2D eigenvalue weighted by Crippen LogP contribution is 2.54. The number of hydrogen-bond acceptors (Lipinski definition) is 0. The van der Waals surface area contributed by atoms with Gasteiger partial charge in [0, 0.05) is 22.7 Å². The Morgan fingerprint density at radius 2 is 1.08 bits per heavy atom. The summed E-state index contributed by atoms with van der Waals surface area (Å²) in [6, 6.07) is 40.1. The summed E-state index contributed by atoms with van der Waals surface area (Å²) < 4.78 is 0. The topological polar surface area (TPSA) is 0 Å². The first-order valence-electron chi connectivity index (χ1n) is 18.4. The Kier molecular flexibility index (Phi) is 5.90. The Bertz CT molecular complexity index is 2520. The fraction of sp³-hybridized carbons (Fsp3) is 0.240. The molecule has 10 rings (SSSR count). The van der Waals surface area contributed by atoms with E-state index in [2.05, 4.69) is 176 Å². The van der Waals surface area contributed by atoms with Gasteiger partial charge in [0.2, 0.25) is 0 Å². The van der Waals surface area contributed by atoms with Gasteiger partial charge in [-0.15, -0.1) is 0 Å². The number of allylic oxidation sites excluding steroid dienone is 2. The van der Waals surface area contributed by atoms with Gasteiger partial charge in [-0.25, -0.2) is 0 Å². The number of rotatable bonds is 2. The standard InChI is InChI=1S/C50H44/c1-48(2,3)35-24-33-13-12-29-14-19-36(41-23-18-34(25-35)46(33)47(29)41)32-17-22-40-39-21-16-31(27-44(39)50(6,7)45(40)28-32)30-15-20-38-37-10-8-9-11-42(37)49(4,5)43(38)26-30/h8-28,36,41H,1-7H3. The third-order valence-corrected chi connectivity index (χ3v) is 12.8. The monoisotopic (exact) mass is 644 g/mol. The van der Waals surface area contributed by atoms with Crippen molar-refractivity contribution in [2.45, 2.75) is 76.5 Å². The van der Waals surface area contributed by atoms with E-state index in [1.165, 1.54) is 94.2 Å². The maximum absolute atomic E-state index is 2.54. The molecule has 4 aliphatic rings. The molecule has 0 saturated carbocycles. The molecule has 244 valence electrons. The Hall–Kier alpha value is -4.94. The van der Waals surface area contributed by atoms with Crippen LogP contribution >= 0.6 is 0 Å². The molecular weight excluding hydrogens is 601 g/mol. The van der Waals surface area contributed by atoms with E-state index in [1.54, 1.807) is 0 Å². The minimum Gasteiger partial charge on any atom is -0.0755 e. The minimum atomic E-state index is -0.0924. The van der Waals surface area contributed by atoms with Gasteiger partial charge in [-0.2, -0.15) is 0 Å². The van der Waals surface area contributed by atoms with Crippen molar-refractivity contribution in [1.29, 1.82) is 0 Å². The Labute approximate surface area is 297 Å². The first-order valence-corrected chi connectivity index (χ1v) is 18.4. The zero-order valence-corrected chi connectivity index (χ0v) is 30.3. The van der Waals surface area contributed by atoms with Gasteiger partial charge >= 0.3 is 0 Å². The van der Waals surface area contributed by atoms with Crippen LogP contribution in [0.25, 0.3) is 56.3 Å². The Morgan fingerprint density at radius 3 is 1.78 bits per heavy atom. The summed E-state index contributed by atoms with van der Waals surface area (Å²) >= 11 is 0. The molecule has 2 atom stereocenters. The van der Waals surface area contributed by atoms with Crippen LogP contribution < -0.4 is 0 Å². The van der Waals surface area contributed by atoms with Crippen LogP contribution in [-0.4, -0.2) is 0 Å². The molecule has 0 nitrogen and oxygen atoms in total. The number of benzene rings is 6. The van der Waals surface area contributed by atoms with E-state index in [0.717, 1.165) is 0 Å². The van der Waals surface area contributed by atoms with E-state index in [1.807, 2.05) is 0 Å². The van der Waals surface area contributed by atoms with Gasteiger partial charge in [-0.1, -0.05) is 164 Å². The smallest absolute Gasteiger partial charge is 0.0159 e. The van der Waals surface area contributed by atoms with Crippen molar-refractivity contribution >= 4 is 22.9 Å². The second-order valence-corrected chi connectivity index (χ2v) is 17.4. The molecule has 0 radical (unpaired) electrons. The lowest BCUT2D eigenvalue weighted by atomic mass is 9.70. The molecule has 4 aliphatic carbocycles. The van der Waals surface area contributed by atoms with Crippen molar-refractivity contribution in [2.75, 3.05) is 0 Å². The molecule has 0 N–H and O–H groups in total.